The van der Waals surface area contributed by atoms with Crippen LogP contribution in [-0.4, -0.2) is 31.9 Å². The third kappa shape index (κ3) is 5.63. The molecular weight excluding hydrogens is 380 g/mol. The van der Waals surface area contributed by atoms with E-state index in [0.717, 1.165) is 16.7 Å². The summed E-state index contributed by atoms with van der Waals surface area (Å²) in [5, 5.41) is 4.68. The van der Waals surface area contributed by atoms with Crippen LogP contribution in [0, 0.1) is 13.8 Å². The summed E-state index contributed by atoms with van der Waals surface area (Å²) >= 11 is 6.15. The largest absolute Gasteiger partial charge is 0.493 e. The Kier molecular flexibility index (Phi) is 7.70. The molecule has 2 rings (SSSR count). The summed E-state index contributed by atoms with van der Waals surface area (Å²) in [6.07, 6.45) is 0.811. The number of amides is 1. The third-order valence-corrected chi connectivity index (χ3v) is 4.56. The first-order valence-corrected chi connectivity index (χ1v) is 9.30. The van der Waals surface area contributed by atoms with E-state index in [4.69, 9.17) is 25.8 Å². The molecular formula is C21H25ClN2O4. The minimum atomic E-state index is -0.716. The lowest BCUT2D eigenvalue weighted by Crippen LogP contribution is -2.33. The number of aryl methyl sites for hydroxylation is 2. The molecule has 0 aromatic heterocycles. The van der Waals surface area contributed by atoms with Crippen LogP contribution in [0.3, 0.4) is 0 Å². The van der Waals surface area contributed by atoms with Crippen LogP contribution >= 0.6 is 11.6 Å². The van der Waals surface area contributed by atoms with Crippen molar-refractivity contribution in [2.75, 3.05) is 13.7 Å². The summed E-state index contributed by atoms with van der Waals surface area (Å²) in [6, 6.07) is 8.99. The standard InChI is InChI=1S/C21H25ClN2O4/c1-6-27-18-8-7-16(11-19(18)26-5)12-23-24-21(25)15(4)28-17-9-13(2)20(22)14(3)10-17/h7-12,15H,6H2,1-5H3,(H,24,25). The maximum Gasteiger partial charge on any atom is 0.280 e. The molecule has 0 saturated heterocycles. The molecule has 0 radical (unpaired) electrons. The van der Waals surface area contributed by atoms with Crippen molar-refractivity contribution >= 4 is 23.7 Å². The van der Waals surface area contributed by atoms with Crippen LogP contribution in [0.25, 0.3) is 0 Å². The van der Waals surface area contributed by atoms with Gasteiger partial charge in [0.1, 0.15) is 5.75 Å². The summed E-state index contributed by atoms with van der Waals surface area (Å²) in [5.74, 6) is 1.48. The first-order chi connectivity index (χ1) is 13.3. The van der Waals surface area contributed by atoms with Gasteiger partial charge in [-0.1, -0.05) is 11.6 Å². The predicted octanol–water partition coefficient (Wildman–Crippen LogP) is 4.28. The first kappa shape index (κ1) is 21.6. The van der Waals surface area contributed by atoms with Crippen molar-refractivity contribution in [2.45, 2.75) is 33.8 Å². The molecule has 2 aromatic rings. The van der Waals surface area contributed by atoms with Crippen LogP contribution in [0.2, 0.25) is 5.02 Å². The molecule has 0 aliphatic carbocycles. The number of hydrogen-bond donors (Lipinski definition) is 1. The highest BCUT2D eigenvalue weighted by Crippen LogP contribution is 2.28. The van der Waals surface area contributed by atoms with Crippen molar-refractivity contribution < 1.29 is 19.0 Å². The van der Waals surface area contributed by atoms with Crippen molar-refractivity contribution in [3.63, 3.8) is 0 Å². The van der Waals surface area contributed by atoms with Gasteiger partial charge < -0.3 is 14.2 Å². The van der Waals surface area contributed by atoms with Gasteiger partial charge in [0.25, 0.3) is 5.91 Å². The highest BCUT2D eigenvalue weighted by Gasteiger charge is 2.15. The molecule has 0 heterocycles. The molecule has 2 aromatic carbocycles. The van der Waals surface area contributed by atoms with Crippen LogP contribution in [0.1, 0.15) is 30.5 Å². The predicted molar refractivity (Wildman–Crippen MR) is 111 cm³/mol. The van der Waals surface area contributed by atoms with Gasteiger partial charge in [-0.15, -0.1) is 0 Å². The van der Waals surface area contributed by atoms with E-state index < -0.39 is 6.10 Å². The smallest absolute Gasteiger partial charge is 0.280 e. The van der Waals surface area contributed by atoms with Gasteiger partial charge in [-0.3, -0.25) is 4.79 Å². The number of carbonyl (C=O) groups is 1. The molecule has 0 spiro atoms. The molecule has 0 aliphatic rings. The number of hydrogen-bond acceptors (Lipinski definition) is 5. The average molecular weight is 405 g/mol. The van der Waals surface area contributed by atoms with Crippen LogP contribution < -0.4 is 19.6 Å². The van der Waals surface area contributed by atoms with E-state index in [9.17, 15) is 4.79 Å². The molecule has 6 nitrogen and oxygen atoms in total. The highest BCUT2D eigenvalue weighted by atomic mass is 35.5. The molecule has 28 heavy (non-hydrogen) atoms. The SMILES string of the molecule is CCOc1ccc(C=NNC(=O)C(C)Oc2cc(C)c(Cl)c(C)c2)cc1OC. The van der Waals surface area contributed by atoms with Crippen molar-refractivity contribution in [1.29, 1.82) is 0 Å². The number of nitrogens with one attached hydrogen (secondary N) is 1. The molecule has 0 saturated carbocycles. The monoisotopic (exact) mass is 404 g/mol. The van der Waals surface area contributed by atoms with Gasteiger partial charge in [0.2, 0.25) is 0 Å². The summed E-state index contributed by atoms with van der Waals surface area (Å²) in [5.41, 5.74) is 5.03. The number of carbonyl (C=O) groups excluding carboxylic acids is 1. The van der Waals surface area contributed by atoms with Gasteiger partial charge in [0, 0.05) is 5.02 Å². The number of rotatable bonds is 8. The first-order valence-electron chi connectivity index (χ1n) is 8.92. The van der Waals surface area contributed by atoms with E-state index in [1.54, 1.807) is 38.3 Å². The van der Waals surface area contributed by atoms with Crippen LogP contribution in [-0.2, 0) is 4.79 Å². The minimum absolute atomic E-state index is 0.362. The lowest BCUT2D eigenvalue weighted by atomic mass is 10.1. The molecule has 150 valence electrons. The zero-order valence-corrected chi connectivity index (χ0v) is 17.5. The zero-order valence-electron chi connectivity index (χ0n) is 16.7. The summed E-state index contributed by atoms with van der Waals surface area (Å²) in [6.45, 7) is 7.89. The second-order valence-corrected chi connectivity index (χ2v) is 6.59. The molecule has 0 bridgehead atoms. The van der Waals surface area contributed by atoms with Gasteiger partial charge in [-0.2, -0.15) is 5.10 Å². The normalized spacial score (nSPS) is 11.9. The van der Waals surface area contributed by atoms with Crippen molar-refractivity contribution in [1.82, 2.24) is 5.43 Å². The Morgan fingerprint density at radius 3 is 2.50 bits per heavy atom. The highest BCUT2D eigenvalue weighted by molar-refractivity contribution is 6.32. The molecule has 7 heteroatoms. The number of halogens is 1. The van der Waals surface area contributed by atoms with Crippen LogP contribution in [0.4, 0.5) is 0 Å². The maximum atomic E-state index is 12.2. The average Bonchev–Trinajstić information content (AvgIpc) is 2.67. The topological polar surface area (TPSA) is 69.2 Å². The van der Waals surface area contributed by atoms with Gasteiger partial charge in [0.05, 0.1) is 19.9 Å². The number of hydrazone groups is 1. The Bertz CT molecular complexity index is 844. The van der Waals surface area contributed by atoms with Gasteiger partial charge >= 0.3 is 0 Å². The molecule has 1 amide bonds. The van der Waals surface area contributed by atoms with Gasteiger partial charge in [-0.05, 0) is 74.7 Å². The third-order valence-electron chi connectivity index (χ3n) is 3.97. The zero-order chi connectivity index (χ0) is 20.7. The summed E-state index contributed by atoms with van der Waals surface area (Å²) < 4.78 is 16.5. The Morgan fingerprint density at radius 1 is 1.21 bits per heavy atom. The molecule has 1 atom stereocenters. The van der Waals surface area contributed by atoms with Gasteiger partial charge in [0.15, 0.2) is 17.6 Å². The summed E-state index contributed by atoms with van der Waals surface area (Å²) in [7, 11) is 1.57. The minimum Gasteiger partial charge on any atom is -0.493 e. The number of ether oxygens (including phenoxy) is 3. The number of benzene rings is 2. The van der Waals surface area contributed by atoms with E-state index in [-0.39, 0.29) is 5.91 Å². The van der Waals surface area contributed by atoms with Crippen LogP contribution in [0.15, 0.2) is 35.4 Å². The lowest BCUT2D eigenvalue weighted by Gasteiger charge is -2.15. The lowest BCUT2D eigenvalue weighted by molar-refractivity contribution is -0.127. The second kappa shape index (κ2) is 9.99. The van der Waals surface area contributed by atoms with E-state index >= 15 is 0 Å². The fourth-order valence-corrected chi connectivity index (χ4v) is 2.64. The summed E-state index contributed by atoms with van der Waals surface area (Å²) in [4.78, 5) is 12.2. The van der Waals surface area contributed by atoms with Crippen molar-refractivity contribution in [3.05, 3.63) is 52.0 Å². The molecule has 1 N–H and O–H groups in total. The molecule has 0 fully saturated rings. The molecule has 0 aliphatic heterocycles. The fraction of sp³-hybridized carbons (Fsp3) is 0.333. The number of nitrogens with zero attached hydrogens (tertiary/aromatic N) is 1. The Balaban J connectivity index is 1.97. The van der Waals surface area contributed by atoms with E-state index in [2.05, 4.69) is 10.5 Å². The van der Waals surface area contributed by atoms with E-state index in [0.29, 0.717) is 28.9 Å². The van der Waals surface area contributed by atoms with E-state index in [1.165, 1.54) is 6.21 Å². The fourth-order valence-electron chi connectivity index (χ4n) is 2.53. The second-order valence-electron chi connectivity index (χ2n) is 6.21. The Labute approximate surface area is 170 Å². The Hall–Kier alpha value is -2.73. The van der Waals surface area contributed by atoms with Crippen molar-refractivity contribution in [3.8, 4) is 17.2 Å². The Morgan fingerprint density at radius 2 is 1.89 bits per heavy atom. The number of methoxy groups -OCH3 is 1. The van der Waals surface area contributed by atoms with Gasteiger partial charge in [-0.25, -0.2) is 5.43 Å². The van der Waals surface area contributed by atoms with E-state index in [1.807, 2.05) is 26.8 Å². The molecule has 1 unspecified atom stereocenters. The maximum absolute atomic E-state index is 12.2. The quantitative estimate of drug-likeness (QED) is 0.526. The van der Waals surface area contributed by atoms with Crippen LogP contribution in [0.5, 0.6) is 17.2 Å². The van der Waals surface area contributed by atoms with Crippen molar-refractivity contribution in [2.24, 2.45) is 5.10 Å².